The molecule has 2 aromatic carbocycles. The van der Waals surface area contributed by atoms with E-state index in [2.05, 4.69) is 0 Å². The largest absolute Gasteiger partial charge is 0.494 e. The van der Waals surface area contributed by atoms with Crippen LogP contribution in [0.5, 0.6) is 5.75 Å². The van der Waals surface area contributed by atoms with Gasteiger partial charge in [-0.25, -0.2) is 8.78 Å². The second-order valence-corrected chi connectivity index (χ2v) is 4.84. The van der Waals surface area contributed by atoms with Crippen molar-refractivity contribution in [3.8, 4) is 5.75 Å². The van der Waals surface area contributed by atoms with Gasteiger partial charge in [0.15, 0.2) is 0 Å². The monoisotopic (exact) mass is 292 g/mol. The van der Waals surface area contributed by atoms with Crippen molar-refractivity contribution < 1.29 is 18.6 Å². The zero-order valence-electron chi connectivity index (χ0n) is 11.9. The van der Waals surface area contributed by atoms with Crippen LogP contribution < -0.4 is 4.74 Å². The molecule has 2 rings (SSSR count). The summed E-state index contributed by atoms with van der Waals surface area (Å²) in [7, 11) is 0. The minimum atomic E-state index is -0.961. The molecule has 0 aliphatic heterocycles. The molecule has 0 saturated heterocycles. The summed E-state index contributed by atoms with van der Waals surface area (Å²) in [6.07, 6.45) is -0.151. The number of ether oxygens (including phenoxy) is 1. The van der Waals surface area contributed by atoms with Crippen LogP contribution in [0.25, 0.3) is 0 Å². The van der Waals surface area contributed by atoms with Gasteiger partial charge in [0.05, 0.1) is 12.7 Å². The zero-order chi connectivity index (χ0) is 15.2. The summed E-state index contributed by atoms with van der Waals surface area (Å²) in [4.78, 5) is 0. The molecule has 0 radical (unpaired) electrons. The van der Waals surface area contributed by atoms with Gasteiger partial charge in [0.25, 0.3) is 0 Å². The molecule has 1 unspecified atom stereocenters. The third-order valence-corrected chi connectivity index (χ3v) is 3.20. The highest BCUT2D eigenvalue weighted by Gasteiger charge is 2.15. The maximum atomic E-state index is 13.6. The third kappa shape index (κ3) is 4.02. The summed E-state index contributed by atoms with van der Waals surface area (Å²) < 4.78 is 32.6. The van der Waals surface area contributed by atoms with Crippen molar-refractivity contribution in [3.63, 3.8) is 0 Å². The van der Waals surface area contributed by atoms with E-state index < -0.39 is 17.7 Å². The maximum absolute atomic E-state index is 13.6. The van der Waals surface area contributed by atoms with Gasteiger partial charge in [-0.1, -0.05) is 25.1 Å². The van der Waals surface area contributed by atoms with E-state index in [4.69, 9.17) is 4.74 Å². The Kier molecular flexibility index (Phi) is 5.28. The predicted molar refractivity (Wildman–Crippen MR) is 77.2 cm³/mol. The van der Waals surface area contributed by atoms with Crippen molar-refractivity contribution in [2.45, 2.75) is 25.9 Å². The molecule has 2 aromatic rings. The van der Waals surface area contributed by atoms with Crippen LogP contribution in [0.1, 0.15) is 30.6 Å². The lowest BCUT2D eigenvalue weighted by Gasteiger charge is -2.13. The first kappa shape index (κ1) is 15.4. The average molecular weight is 292 g/mol. The molecule has 112 valence electrons. The molecule has 0 aromatic heterocycles. The molecule has 0 aliphatic carbocycles. The smallest absolute Gasteiger partial charge is 0.129 e. The van der Waals surface area contributed by atoms with Gasteiger partial charge in [-0.3, -0.25) is 0 Å². The summed E-state index contributed by atoms with van der Waals surface area (Å²) in [5.74, 6) is -0.571. The molecule has 0 amide bonds. The van der Waals surface area contributed by atoms with Crippen molar-refractivity contribution in [2.75, 3.05) is 6.61 Å². The van der Waals surface area contributed by atoms with E-state index in [1.165, 1.54) is 18.2 Å². The first-order valence-electron chi connectivity index (χ1n) is 6.95. The average Bonchev–Trinajstić information content (AvgIpc) is 2.49. The fourth-order valence-corrected chi connectivity index (χ4v) is 2.04. The number of aliphatic hydroxyl groups excluding tert-OH is 1. The van der Waals surface area contributed by atoms with Crippen LogP contribution in [0, 0.1) is 11.6 Å². The number of benzene rings is 2. The fraction of sp³-hybridized carbons (Fsp3) is 0.294. The Morgan fingerprint density at radius 3 is 2.24 bits per heavy atom. The van der Waals surface area contributed by atoms with E-state index in [9.17, 15) is 13.9 Å². The minimum absolute atomic E-state index is 0.101. The van der Waals surface area contributed by atoms with Crippen molar-refractivity contribution in [1.82, 2.24) is 0 Å². The maximum Gasteiger partial charge on any atom is 0.129 e. The van der Waals surface area contributed by atoms with Crippen LogP contribution in [0.2, 0.25) is 0 Å². The molecule has 0 fully saturated rings. The van der Waals surface area contributed by atoms with Gasteiger partial charge >= 0.3 is 0 Å². The van der Waals surface area contributed by atoms with Crippen molar-refractivity contribution in [3.05, 3.63) is 65.2 Å². The summed E-state index contributed by atoms with van der Waals surface area (Å²) in [5.41, 5.74) is 0.498. The molecule has 0 spiro atoms. The molecule has 4 heteroatoms. The van der Waals surface area contributed by atoms with Crippen LogP contribution in [0.3, 0.4) is 0 Å². The van der Waals surface area contributed by atoms with Gasteiger partial charge in [0, 0.05) is 12.0 Å². The van der Waals surface area contributed by atoms with Gasteiger partial charge in [0.2, 0.25) is 0 Å². The summed E-state index contributed by atoms with van der Waals surface area (Å²) in [6, 6.07) is 10.6. The molecule has 0 heterocycles. The third-order valence-electron chi connectivity index (χ3n) is 3.20. The van der Waals surface area contributed by atoms with E-state index in [1.807, 2.05) is 6.92 Å². The second kappa shape index (κ2) is 7.18. The molecule has 0 saturated carbocycles. The Bertz CT molecular complexity index is 562. The fourth-order valence-electron chi connectivity index (χ4n) is 2.04. The molecule has 2 nitrogen and oxygen atoms in total. The highest BCUT2D eigenvalue weighted by atomic mass is 19.1. The van der Waals surface area contributed by atoms with Gasteiger partial charge in [0.1, 0.15) is 17.4 Å². The Labute approximate surface area is 123 Å². The van der Waals surface area contributed by atoms with Crippen LogP contribution in [-0.2, 0) is 6.42 Å². The highest BCUT2D eigenvalue weighted by Crippen LogP contribution is 2.24. The normalized spacial score (nSPS) is 12.2. The highest BCUT2D eigenvalue weighted by molar-refractivity contribution is 5.30. The molecule has 0 bridgehead atoms. The topological polar surface area (TPSA) is 29.5 Å². The van der Waals surface area contributed by atoms with Crippen molar-refractivity contribution in [1.29, 1.82) is 0 Å². The van der Waals surface area contributed by atoms with E-state index >= 15 is 0 Å². The van der Waals surface area contributed by atoms with Gasteiger partial charge in [-0.2, -0.15) is 0 Å². The molecular formula is C17H18F2O2. The number of aliphatic hydroxyl groups is 1. The standard InChI is InChI=1S/C17H18F2O2/c1-2-10-21-13-8-6-12(7-9-13)17(20)11-14-15(18)4-3-5-16(14)19/h3-9,17,20H,2,10-11H2,1H3. The molecule has 1 N–H and O–H groups in total. The van der Waals surface area contributed by atoms with Crippen molar-refractivity contribution in [2.24, 2.45) is 0 Å². The van der Waals surface area contributed by atoms with E-state index in [0.717, 1.165) is 6.42 Å². The van der Waals surface area contributed by atoms with E-state index in [0.29, 0.717) is 17.9 Å². The van der Waals surface area contributed by atoms with Crippen LogP contribution in [0.15, 0.2) is 42.5 Å². The van der Waals surface area contributed by atoms with Gasteiger partial charge in [-0.15, -0.1) is 0 Å². The Morgan fingerprint density at radius 1 is 1.05 bits per heavy atom. The lowest BCUT2D eigenvalue weighted by atomic mass is 10.0. The Morgan fingerprint density at radius 2 is 1.67 bits per heavy atom. The van der Waals surface area contributed by atoms with Crippen LogP contribution in [-0.4, -0.2) is 11.7 Å². The molecule has 1 atom stereocenters. The van der Waals surface area contributed by atoms with E-state index in [1.54, 1.807) is 24.3 Å². The Balaban J connectivity index is 2.08. The summed E-state index contributed by atoms with van der Waals surface area (Å²) in [6.45, 7) is 2.64. The molecular weight excluding hydrogens is 274 g/mol. The van der Waals surface area contributed by atoms with E-state index in [-0.39, 0.29) is 12.0 Å². The van der Waals surface area contributed by atoms with Crippen molar-refractivity contribution >= 4 is 0 Å². The SMILES string of the molecule is CCCOc1ccc(C(O)Cc2c(F)cccc2F)cc1. The first-order chi connectivity index (χ1) is 10.1. The number of halogens is 2. The quantitative estimate of drug-likeness (QED) is 0.871. The first-order valence-corrected chi connectivity index (χ1v) is 6.95. The molecule has 21 heavy (non-hydrogen) atoms. The number of hydrogen-bond acceptors (Lipinski definition) is 2. The summed E-state index contributed by atoms with van der Waals surface area (Å²) in [5, 5.41) is 10.1. The second-order valence-electron chi connectivity index (χ2n) is 4.84. The Hall–Kier alpha value is -1.94. The van der Waals surface area contributed by atoms with Crippen LogP contribution >= 0.6 is 0 Å². The lowest BCUT2D eigenvalue weighted by molar-refractivity contribution is 0.175. The lowest BCUT2D eigenvalue weighted by Crippen LogP contribution is -2.06. The van der Waals surface area contributed by atoms with Crippen LogP contribution in [0.4, 0.5) is 8.78 Å². The number of hydrogen-bond donors (Lipinski definition) is 1. The van der Waals surface area contributed by atoms with Gasteiger partial charge in [-0.05, 0) is 36.2 Å². The van der Waals surface area contributed by atoms with Gasteiger partial charge < -0.3 is 9.84 Å². The number of rotatable bonds is 6. The predicted octanol–water partition coefficient (Wildman–Crippen LogP) is 4.03. The summed E-state index contributed by atoms with van der Waals surface area (Å²) >= 11 is 0. The minimum Gasteiger partial charge on any atom is -0.494 e. The zero-order valence-corrected chi connectivity index (χ0v) is 11.9. The molecule has 0 aliphatic rings.